The number of aliphatic hydroxyl groups excluding tert-OH is 1. The Labute approximate surface area is 137 Å². The van der Waals surface area contributed by atoms with Crippen LogP contribution in [0.15, 0.2) is 48.4 Å². The van der Waals surface area contributed by atoms with Gasteiger partial charge in [0.1, 0.15) is 17.3 Å². The number of benzene rings is 1. The highest BCUT2D eigenvalue weighted by Crippen LogP contribution is 2.21. The largest absolute Gasteiger partial charge is 0.507 e. The summed E-state index contributed by atoms with van der Waals surface area (Å²) in [6, 6.07) is 12.4. The number of aromatic nitrogens is 3. The fourth-order valence-electron chi connectivity index (χ4n) is 2.24. The van der Waals surface area contributed by atoms with E-state index in [4.69, 9.17) is 4.74 Å². The van der Waals surface area contributed by atoms with E-state index in [0.29, 0.717) is 5.52 Å². The predicted molar refractivity (Wildman–Crippen MR) is 86.9 cm³/mol. The number of esters is 1. The van der Waals surface area contributed by atoms with Gasteiger partial charge in [-0.25, -0.2) is 9.78 Å². The Kier molecular flexibility index (Phi) is 4.03. The van der Waals surface area contributed by atoms with Gasteiger partial charge >= 0.3 is 5.97 Å². The van der Waals surface area contributed by atoms with Crippen molar-refractivity contribution in [2.45, 2.75) is 13.0 Å². The van der Waals surface area contributed by atoms with E-state index < -0.39 is 12.1 Å². The van der Waals surface area contributed by atoms with Gasteiger partial charge in [0.05, 0.1) is 11.0 Å². The summed E-state index contributed by atoms with van der Waals surface area (Å²) in [4.78, 5) is 21.9. The van der Waals surface area contributed by atoms with Crippen molar-refractivity contribution in [1.29, 1.82) is 5.26 Å². The summed E-state index contributed by atoms with van der Waals surface area (Å²) in [7, 11) is 0. The molecule has 0 saturated heterocycles. The van der Waals surface area contributed by atoms with Gasteiger partial charge in [0.25, 0.3) is 0 Å². The van der Waals surface area contributed by atoms with Gasteiger partial charge in [-0.3, -0.25) is 0 Å². The third kappa shape index (κ3) is 2.85. The van der Waals surface area contributed by atoms with Crippen molar-refractivity contribution in [3.63, 3.8) is 0 Å². The number of hydrogen-bond acceptors (Lipinski definition) is 5. The molecule has 0 spiro atoms. The van der Waals surface area contributed by atoms with Crippen molar-refractivity contribution in [3.05, 3.63) is 59.9 Å². The number of rotatable bonds is 4. The van der Waals surface area contributed by atoms with Crippen LogP contribution >= 0.6 is 0 Å². The molecule has 0 radical (unpaired) electrons. The number of aromatic amines is 2. The number of ether oxygens (including phenoxy) is 1. The summed E-state index contributed by atoms with van der Waals surface area (Å²) in [5.74, 6) is -0.767. The molecule has 3 aromatic rings. The van der Waals surface area contributed by atoms with E-state index in [2.05, 4.69) is 15.0 Å². The van der Waals surface area contributed by atoms with Crippen LogP contribution in [0.4, 0.5) is 0 Å². The smallest absolute Gasteiger partial charge is 0.355 e. The van der Waals surface area contributed by atoms with Crippen molar-refractivity contribution in [2.75, 3.05) is 0 Å². The molecule has 120 valence electrons. The first-order valence-electron chi connectivity index (χ1n) is 7.23. The first-order valence-corrected chi connectivity index (χ1v) is 7.23. The Morgan fingerprint density at radius 1 is 1.33 bits per heavy atom. The molecule has 0 amide bonds. The average molecular weight is 322 g/mol. The fraction of sp³-hybridized carbons (Fsp3) is 0.118. The molecule has 0 bridgehead atoms. The van der Waals surface area contributed by atoms with Gasteiger partial charge in [-0.1, -0.05) is 12.1 Å². The van der Waals surface area contributed by atoms with Crippen LogP contribution in [0.3, 0.4) is 0 Å². The first kappa shape index (κ1) is 15.4. The molecule has 0 saturated carbocycles. The second-order valence-electron chi connectivity index (χ2n) is 5.11. The second-order valence-corrected chi connectivity index (χ2v) is 5.11. The Morgan fingerprint density at radius 3 is 2.79 bits per heavy atom. The Morgan fingerprint density at radius 2 is 2.12 bits per heavy atom. The molecule has 1 atom stereocenters. The van der Waals surface area contributed by atoms with Crippen LogP contribution in [-0.2, 0) is 4.74 Å². The van der Waals surface area contributed by atoms with Gasteiger partial charge in [-0.2, -0.15) is 5.26 Å². The fourth-order valence-corrected chi connectivity index (χ4v) is 2.24. The number of hydrogen-bond donors (Lipinski definition) is 3. The van der Waals surface area contributed by atoms with E-state index in [1.807, 2.05) is 24.3 Å². The molecular formula is C17H14N4O3. The van der Waals surface area contributed by atoms with E-state index in [1.165, 1.54) is 6.92 Å². The van der Waals surface area contributed by atoms with Crippen molar-refractivity contribution in [1.82, 2.24) is 15.0 Å². The zero-order valence-corrected chi connectivity index (χ0v) is 12.8. The number of nitrogens with zero attached hydrogens (tertiary/aromatic N) is 2. The molecule has 0 unspecified atom stereocenters. The molecule has 0 aliphatic heterocycles. The van der Waals surface area contributed by atoms with Gasteiger partial charge < -0.3 is 19.8 Å². The molecule has 2 aromatic heterocycles. The van der Waals surface area contributed by atoms with E-state index in [0.717, 1.165) is 5.52 Å². The number of para-hydroxylation sites is 2. The number of nitrogens with one attached hydrogen (secondary N) is 2. The number of nitriles is 1. The van der Waals surface area contributed by atoms with Crippen LogP contribution in [0.1, 0.15) is 23.2 Å². The van der Waals surface area contributed by atoms with Crippen molar-refractivity contribution < 1.29 is 14.6 Å². The van der Waals surface area contributed by atoms with Crippen LogP contribution in [0.5, 0.6) is 0 Å². The highest BCUT2D eigenvalue weighted by atomic mass is 16.6. The summed E-state index contributed by atoms with van der Waals surface area (Å²) < 4.78 is 5.16. The highest BCUT2D eigenvalue weighted by molar-refractivity contribution is 5.88. The van der Waals surface area contributed by atoms with Crippen LogP contribution in [0.2, 0.25) is 0 Å². The number of aliphatic hydroxyl groups is 1. The zero-order chi connectivity index (χ0) is 17.1. The SMILES string of the molecule is C[C@H](OC(=O)c1ccc[nH]1)/C(O)=C(\C#N)c1nc2ccccc2[nH]1. The van der Waals surface area contributed by atoms with Crippen molar-refractivity contribution in [3.8, 4) is 6.07 Å². The van der Waals surface area contributed by atoms with Gasteiger partial charge in [-0.05, 0) is 31.2 Å². The van der Waals surface area contributed by atoms with Gasteiger partial charge in [0.2, 0.25) is 0 Å². The van der Waals surface area contributed by atoms with Crippen molar-refractivity contribution in [2.24, 2.45) is 0 Å². The maximum Gasteiger partial charge on any atom is 0.355 e. The lowest BCUT2D eigenvalue weighted by molar-refractivity contribution is 0.0328. The summed E-state index contributed by atoms with van der Waals surface area (Å²) in [6.07, 6.45) is 0.593. The van der Waals surface area contributed by atoms with E-state index >= 15 is 0 Å². The number of allylic oxidation sites excluding steroid dienone is 1. The Balaban J connectivity index is 1.89. The molecule has 7 heteroatoms. The monoisotopic (exact) mass is 322 g/mol. The van der Waals surface area contributed by atoms with E-state index in [1.54, 1.807) is 24.4 Å². The molecule has 0 aliphatic carbocycles. The summed E-state index contributed by atoms with van der Waals surface area (Å²) in [6.45, 7) is 1.48. The van der Waals surface area contributed by atoms with Crippen LogP contribution in [-0.4, -0.2) is 32.1 Å². The molecule has 2 heterocycles. The molecule has 0 fully saturated rings. The predicted octanol–water partition coefficient (Wildman–Crippen LogP) is 2.93. The maximum absolute atomic E-state index is 11.9. The second kappa shape index (κ2) is 6.30. The van der Waals surface area contributed by atoms with Gasteiger partial charge in [-0.15, -0.1) is 0 Å². The molecule has 7 nitrogen and oxygen atoms in total. The molecule has 3 N–H and O–H groups in total. The lowest BCUT2D eigenvalue weighted by Crippen LogP contribution is -2.18. The third-order valence-corrected chi connectivity index (χ3v) is 3.48. The molecule has 24 heavy (non-hydrogen) atoms. The third-order valence-electron chi connectivity index (χ3n) is 3.48. The van der Waals surface area contributed by atoms with E-state index in [9.17, 15) is 15.2 Å². The van der Waals surface area contributed by atoms with Crippen LogP contribution in [0.25, 0.3) is 16.6 Å². The average Bonchev–Trinajstić information content (AvgIpc) is 3.24. The number of fused-ring (bicyclic) bond motifs is 1. The molecule has 1 aromatic carbocycles. The van der Waals surface area contributed by atoms with E-state index in [-0.39, 0.29) is 22.9 Å². The minimum Gasteiger partial charge on any atom is -0.507 e. The highest BCUT2D eigenvalue weighted by Gasteiger charge is 2.22. The van der Waals surface area contributed by atoms with Crippen molar-refractivity contribution >= 4 is 22.6 Å². The van der Waals surface area contributed by atoms with Crippen LogP contribution in [0, 0.1) is 11.3 Å². The minimum absolute atomic E-state index is 0.0713. The lowest BCUT2D eigenvalue weighted by Gasteiger charge is -2.13. The molecule has 3 rings (SSSR count). The molecule has 0 aliphatic rings. The number of carbonyl (C=O) groups excluding carboxylic acids is 1. The quantitative estimate of drug-likeness (QED) is 0.388. The number of H-pyrrole nitrogens is 2. The lowest BCUT2D eigenvalue weighted by atomic mass is 10.1. The minimum atomic E-state index is -0.997. The summed E-state index contributed by atoms with van der Waals surface area (Å²) in [5, 5.41) is 19.7. The summed E-state index contributed by atoms with van der Waals surface area (Å²) >= 11 is 0. The van der Waals surface area contributed by atoms with Crippen LogP contribution < -0.4 is 0 Å². The molecular weight excluding hydrogens is 308 g/mol. The Bertz CT molecular complexity index is 915. The van der Waals surface area contributed by atoms with Gasteiger partial charge in [0, 0.05) is 6.20 Å². The summed E-state index contributed by atoms with van der Waals surface area (Å²) in [5.41, 5.74) is 1.60. The normalized spacial score (nSPS) is 13.2. The number of carbonyl (C=O) groups is 1. The topological polar surface area (TPSA) is 115 Å². The van der Waals surface area contributed by atoms with Gasteiger partial charge in [0.15, 0.2) is 17.7 Å². The number of imidazole rings is 1. The Hall–Kier alpha value is -3.53. The standard InChI is InChI=1S/C17H14N4O3/c1-10(24-17(23)14-7-4-8-19-14)15(22)11(9-18)16-20-12-5-2-3-6-13(12)21-16/h2-8,10,19,22H,1H3,(H,20,21)/b15-11-/t10-/m0/s1. The first-order chi connectivity index (χ1) is 11.6. The zero-order valence-electron chi connectivity index (χ0n) is 12.8. The maximum atomic E-state index is 11.9.